The van der Waals surface area contributed by atoms with E-state index in [1.165, 1.54) is 61.5 Å². The first kappa shape index (κ1) is 27.3. The molecule has 1 rings (SSSR count). The maximum absolute atomic E-state index is 6.37. The molecule has 1 aromatic rings. The van der Waals surface area contributed by atoms with Crippen molar-refractivity contribution in [3.05, 3.63) is 6.26 Å². The van der Waals surface area contributed by atoms with Crippen LogP contribution >= 0.6 is 0 Å². The molecule has 29 heavy (non-hydrogen) atoms. The van der Waals surface area contributed by atoms with E-state index in [2.05, 4.69) is 68.6 Å². The minimum absolute atomic E-state index is 0.581. The number of hydrogen-bond acceptors (Lipinski definition) is 2. The molecule has 0 saturated carbocycles. The van der Waals surface area contributed by atoms with Crippen LogP contribution in [-0.2, 0) is 0 Å². The molecule has 0 bridgehead atoms. The predicted octanol–water partition coefficient (Wildman–Crippen LogP) is 7.62. The molecule has 0 spiro atoms. The van der Waals surface area contributed by atoms with Crippen LogP contribution in [0, 0.1) is 0 Å². The third-order valence-electron chi connectivity index (χ3n) is 7.16. The van der Waals surface area contributed by atoms with Gasteiger partial charge in [0.25, 0.3) is 0 Å². The van der Waals surface area contributed by atoms with Gasteiger partial charge in [-0.1, -0.05) is 0 Å². The first-order valence-corrected chi connectivity index (χ1v) is 17.5. The number of nitrogens with zero attached hydrogens (tertiary/aromatic N) is 1. The molecule has 0 fully saturated rings. The monoisotopic (exact) mass is 527 g/mol. The van der Waals surface area contributed by atoms with Gasteiger partial charge in [0, 0.05) is 0 Å². The quantitative estimate of drug-likeness (QED) is 0.220. The van der Waals surface area contributed by atoms with Crippen molar-refractivity contribution in [3.63, 3.8) is 0 Å². The Hall–Kier alpha value is 0.226. The summed E-state index contributed by atoms with van der Waals surface area (Å²) < 4.78 is 8.34. The van der Waals surface area contributed by atoms with E-state index in [0.29, 0.717) is 20.1 Å². The molecule has 0 amide bonds. The van der Waals surface area contributed by atoms with Gasteiger partial charge in [-0.25, -0.2) is 0 Å². The van der Waals surface area contributed by atoms with Gasteiger partial charge in [0.1, 0.15) is 0 Å². The van der Waals surface area contributed by atoms with Crippen LogP contribution < -0.4 is 9.22 Å². The minimum atomic E-state index is -1.78. The number of rotatable bonds is 15. The number of unbranched alkanes of at least 4 members (excludes halogenated alkanes) is 3. The summed E-state index contributed by atoms with van der Waals surface area (Å²) in [4.78, 5) is 5.33. The predicted molar refractivity (Wildman–Crippen MR) is 134 cm³/mol. The molecule has 0 aliphatic heterocycles. The van der Waals surface area contributed by atoms with Gasteiger partial charge in [0.05, 0.1) is 0 Å². The number of oxazole rings is 1. The van der Waals surface area contributed by atoms with Crippen LogP contribution in [0.15, 0.2) is 10.7 Å². The molecule has 0 N–H and O–H groups in total. The molecule has 0 aliphatic carbocycles. The van der Waals surface area contributed by atoms with E-state index in [4.69, 9.17) is 9.40 Å². The van der Waals surface area contributed by atoms with Crippen LogP contribution in [-0.4, -0.2) is 34.2 Å². The normalized spacial score (nSPS) is 13.2. The van der Waals surface area contributed by atoms with Crippen LogP contribution in [0.4, 0.5) is 0 Å². The maximum atomic E-state index is 6.37. The SMILES string of the molecule is CCCC[C](CCCC)(CCCC)[Sn][c]1coc([Si](C(C)C)(C(C)C)C(C)C)n1. The summed E-state index contributed by atoms with van der Waals surface area (Å²) in [6.45, 7) is 21.5. The van der Waals surface area contributed by atoms with E-state index in [0.717, 1.165) is 5.51 Å². The van der Waals surface area contributed by atoms with Crippen LogP contribution in [0.25, 0.3) is 0 Å². The fourth-order valence-electron chi connectivity index (χ4n) is 5.65. The molecule has 1 aromatic heterocycles. The summed E-state index contributed by atoms with van der Waals surface area (Å²) in [6, 6.07) is 0. The van der Waals surface area contributed by atoms with Crippen molar-refractivity contribution in [1.82, 2.24) is 4.98 Å². The van der Waals surface area contributed by atoms with Gasteiger partial charge in [-0.2, -0.15) is 0 Å². The summed E-state index contributed by atoms with van der Waals surface area (Å²) in [6.07, 6.45) is 14.4. The number of hydrogen-bond donors (Lipinski definition) is 0. The van der Waals surface area contributed by atoms with Gasteiger partial charge in [0.2, 0.25) is 0 Å². The zero-order chi connectivity index (χ0) is 22.1. The topological polar surface area (TPSA) is 26.0 Å². The van der Waals surface area contributed by atoms with E-state index in [-0.39, 0.29) is 0 Å². The Morgan fingerprint density at radius 1 is 0.828 bits per heavy atom. The van der Waals surface area contributed by atoms with E-state index in [9.17, 15) is 0 Å². The molecule has 2 nitrogen and oxygen atoms in total. The molecule has 0 aliphatic rings. The van der Waals surface area contributed by atoms with Crippen molar-refractivity contribution in [3.8, 4) is 0 Å². The Labute approximate surface area is 193 Å². The number of aromatic nitrogens is 1. The van der Waals surface area contributed by atoms with E-state index < -0.39 is 29.2 Å². The standard InChI is InChI=1S/C13H27.C12H22NOSi.Sn/c1-4-7-10-13(11-8-5-2)12-9-6-3;1-9(2)15(10(3)4,11(5)6)12-13-7-8-14-12;/h4-12H2,1-3H3;8-11H,1-6H3;. The van der Waals surface area contributed by atoms with Crippen molar-refractivity contribution in [2.45, 2.75) is 140 Å². The Balaban J connectivity index is 3.25. The molecule has 0 atom stereocenters. The van der Waals surface area contributed by atoms with Gasteiger partial charge < -0.3 is 0 Å². The van der Waals surface area contributed by atoms with Gasteiger partial charge in [-0.15, -0.1) is 0 Å². The molecule has 0 saturated heterocycles. The van der Waals surface area contributed by atoms with Crippen molar-refractivity contribution in [2.75, 3.05) is 0 Å². The average molecular weight is 526 g/mol. The summed E-state index contributed by atoms with van der Waals surface area (Å²) in [5.74, 6) is 0. The Kier molecular flexibility index (Phi) is 12.2. The van der Waals surface area contributed by atoms with Crippen LogP contribution in [0.1, 0.15) is 120 Å². The molecule has 0 unspecified atom stereocenters. The summed E-state index contributed by atoms with van der Waals surface area (Å²) in [7, 11) is -1.78. The third kappa shape index (κ3) is 6.85. The summed E-state index contributed by atoms with van der Waals surface area (Å²) in [5, 5.41) is 0. The van der Waals surface area contributed by atoms with Crippen LogP contribution in [0.5, 0.6) is 0 Å². The second kappa shape index (κ2) is 12.9. The van der Waals surface area contributed by atoms with Crippen molar-refractivity contribution in [2.24, 2.45) is 0 Å². The summed E-state index contributed by atoms with van der Waals surface area (Å²) >= 11 is -0.809. The zero-order valence-electron chi connectivity index (χ0n) is 21.0. The zero-order valence-corrected chi connectivity index (χ0v) is 24.9. The van der Waals surface area contributed by atoms with E-state index in [1.807, 2.05) is 0 Å². The van der Waals surface area contributed by atoms with Gasteiger partial charge in [-0.3, -0.25) is 0 Å². The van der Waals surface area contributed by atoms with E-state index >= 15 is 0 Å². The first-order valence-electron chi connectivity index (χ1n) is 12.4. The van der Waals surface area contributed by atoms with Gasteiger partial charge >= 0.3 is 194 Å². The Bertz CT molecular complexity index is 523. The van der Waals surface area contributed by atoms with Crippen LogP contribution in [0.3, 0.4) is 0 Å². The van der Waals surface area contributed by atoms with Gasteiger partial charge in [0.15, 0.2) is 0 Å². The molecule has 0 aromatic carbocycles. The average Bonchev–Trinajstić information content (AvgIpc) is 3.10. The molecule has 168 valence electrons. The van der Waals surface area contributed by atoms with E-state index in [1.54, 1.807) is 0 Å². The third-order valence-corrected chi connectivity index (χ3v) is 18.9. The molecular formula is C25H49NOSiSn. The second-order valence-electron chi connectivity index (χ2n) is 10.2. The van der Waals surface area contributed by atoms with Crippen molar-refractivity contribution >= 4 is 38.4 Å². The molecule has 1 heterocycles. The van der Waals surface area contributed by atoms with Crippen LogP contribution in [0.2, 0.25) is 20.1 Å². The van der Waals surface area contributed by atoms with Crippen molar-refractivity contribution in [1.29, 1.82) is 0 Å². The Morgan fingerprint density at radius 3 is 1.59 bits per heavy atom. The van der Waals surface area contributed by atoms with Gasteiger partial charge in [-0.05, 0) is 0 Å². The molecular weight excluding hydrogens is 477 g/mol. The fourth-order valence-corrected chi connectivity index (χ4v) is 16.9. The second-order valence-corrected chi connectivity index (χ2v) is 21.1. The Morgan fingerprint density at radius 2 is 1.24 bits per heavy atom. The first-order chi connectivity index (χ1) is 13.7. The summed E-state index contributed by atoms with van der Waals surface area (Å²) in [5.41, 5.74) is 3.13. The molecule has 2 radical (unpaired) electrons. The molecule has 4 heteroatoms. The fraction of sp³-hybridized carbons (Fsp3) is 0.880. The van der Waals surface area contributed by atoms with Crippen molar-refractivity contribution < 1.29 is 4.42 Å².